The van der Waals surface area contributed by atoms with Crippen LogP contribution in [0.4, 0.5) is 5.69 Å². The number of nitrogens with zero attached hydrogens (tertiary/aromatic N) is 1. The van der Waals surface area contributed by atoms with Crippen LogP contribution in [-0.4, -0.2) is 25.5 Å². The largest absolute Gasteiger partial charge is 0.459 e. The number of amides is 1. The van der Waals surface area contributed by atoms with E-state index in [4.69, 9.17) is 4.42 Å². The quantitative estimate of drug-likeness (QED) is 0.585. The Morgan fingerprint density at radius 2 is 1.82 bits per heavy atom. The summed E-state index contributed by atoms with van der Waals surface area (Å²) >= 11 is 1.70. The van der Waals surface area contributed by atoms with Crippen LogP contribution >= 0.6 is 11.8 Å². The molecule has 0 aliphatic carbocycles. The minimum absolute atomic E-state index is 0.119. The fourth-order valence-electron chi connectivity index (χ4n) is 3.52. The molecule has 1 saturated heterocycles. The molecule has 2 aromatic carbocycles. The van der Waals surface area contributed by atoms with Crippen LogP contribution in [0.5, 0.6) is 0 Å². The van der Waals surface area contributed by atoms with Crippen molar-refractivity contribution in [2.75, 3.05) is 24.5 Å². The third-order valence-corrected chi connectivity index (χ3v) is 6.11. The Balaban J connectivity index is 1.28. The number of hydrogen-bond acceptors (Lipinski definition) is 4. The van der Waals surface area contributed by atoms with Gasteiger partial charge >= 0.3 is 0 Å². The first-order valence-electron chi connectivity index (χ1n) is 9.62. The molecule has 1 amide bonds. The topological polar surface area (TPSA) is 45.5 Å². The van der Waals surface area contributed by atoms with Crippen molar-refractivity contribution < 1.29 is 9.21 Å². The van der Waals surface area contributed by atoms with Gasteiger partial charge in [0.15, 0.2) is 5.76 Å². The van der Waals surface area contributed by atoms with Crippen LogP contribution in [0.25, 0.3) is 0 Å². The number of benzene rings is 2. The number of anilines is 1. The first kappa shape index (κ1) is 18.7. The molecule has 1 fully saturated rings. The van der Waals surface area contributed by atoms with E-state index in [0.717, 1.165) is 25.1 Å². The number of carbonyl (C=O) groups is 1. The highest BCUT2D eigenvalue weighted by molar-refractivity contribution is 7.98. The molecule has 1 N–H and O–H groups in total. The predicted molar refractivity (Wildman–Crippen MR) is 114 cm³/mol. The second-order valence-corrected chi connectivity index (χ2v) is 8.07. The molecule has 3 aromatic rings. The summed E-state index contributed by atoms with van der Waals surface area (Å²) in [4.78, 5) is 16.2. The summed E-state index contributed by atoms with van der Waals surface area (Å²) in [5.74, 6) is 1.49. The molecule has 2 heterocycles. The summed E-state index contributed by atoms with van der Waals surface area (Å²) in [6.45, 7) is 2.68. The Hall–Kier alpha value is -2.66. The van der Waals surface area contributed by atoms with Crippen LogP contribution in [-0.2, 0) is 5.75 Å². The Labute approximate surface area is 169 Å². The smallest absolute Gasteiger partial charge is 0.287 e. The Kier molecular flexibility index (Phi) is 6.02. The summed E-state index contributed by atoms with van der Waals surface area (Å²) in [6.07, 6.45) is 2.69. The van der Waals surface area contributed by atoms with E-state index >= 15 is 0 Å². The fourth-order valence-corrected chi connectivity index (χ4v) is 4.42. The highest BCUT2D eigenvalue weighted by Crippen LogP contribution is 2.25. The third-order valence-electron chi connectivity index (χ3n) is 5.05. The lowest BCUT2D eigenvalue weighted by atomic mass is 10.1. The maximum atomic E-state index is 12.6. The molecule has 0 radical (unpaired) electrons. The number of rotatable bonds is 7. The van der Waals surface area contributed by atoms with Gasteiger partial charge < -0.3 is 14.6 Å². The SMILES string of the molecule is O=C(NCC1CCN(c2ccccc2)C1)c1occc1CSc1ccccc1. The molecule has 4 rings (SSSR count). The average Bonchev–Trinajstić information content (AvgIpc) is 3.41. The zero-order chi connectivity index (χ0) is 19.2. The lowest BCUT2D eigenvalue weighted by Gasteiger charge is -2.18. The minimum Gasteiger partial charge on any atom is -0.459 e. The maximum Gasteiger partial charge on any atom is 0.287 e. The van der Waals surface area contributed by atoms with Crippen molar-refractivity contribution in [3.63, 3.8) is 0 Å². The molecule has 1 unspecified atom stereocenters. The number of carbonyl (C=O) groups excluding carboxylic acids is 1. The highest BCUT2D eigenvalue weighted by Gasteiger charge is 2.24. The lowest BCUT2D eigenvalue weighted by molar-refractivity contribution is 0.0919. The van der Waals surface area contributed by atoms with E-state index in [-0.39, 0.29) is 5.91 Å². The first-order chi connectivity index (χ1) is 13.8. The van der Waals surface area contributed by atoms with E-state index in [1.165, 1.54) is 10.6 Å². The van der Waals surface area contributed by atoms with E-state index in [0.29, 0.717) is 24.0 Å². The van der Waals surface area contributed by atoms with Crippen molar-refractivity contribution in [2.45, 2.75) is 17.1 Å². The van der Waals surface area contributed by atoms with Crippen molar-refractivity contribution in [1.82, 2.24) is 5.32 Å². The third kappa shape index (κ3) is 4.60. The van der Waals surface area contributed by atoms with Gasteiger partial charge in [-0.05, 0) is 42.7 Å². The predicted octanol–water partition coefficient (Wildman–Crippen LogP) is 4.83. The molecular formula is C23H24N2O2S. The normalized spacial score (nSPS) is 16.3. The summed E-state index contributed by atoms with van der Waals surface area (Å²) in [5, 5.41) is 3.07. The molecule has 5 heteroatoms. The molecule has 1 aliphatic heterocycles. The van der Waals surface area contributed by atoms with Gasteiger partial charge in [-0.3, -0.25) is 4.79 Å². The van der Waals surface area contributed by atoms with Gasteiger partial charge in [-0.15, -0.1) is 11.8 Å². The van der Waals surface area contributed by atoms with Crippen molar-refractivity contribution in [3.05, 3.63) is 84.3 Å². The molecule has 1 aliphatic rings. The summed E-state index contributed by atoms with van der Waals surface area (Å²) in [7, 11) is 0. The zero-order valence-electron chi connectivity index (χ0n) is 15.7. The van der Waals surface area contributed by atoms with Gasteiger partial charge in [-0.1, -0.05) is 36.4 Å². The van der Waals surface area contributed by atoms with Crippen molar-refractivity contribution in [2.24, 2.45) is 5.92 Å². The van der Waals surface area contributed by atoms with Gasteiger partial charge in [0.05, 0.1) is 6.26 Å². The van der Waals surface area contributed by atoms with Gasteiger partial charge in [0.2, 0.25) is 0 Å². The van der Waals surface area contributed by atoms with Gasteiger partial charge in [0, 0.05) is 41.5 Å². The summed E-state index contributed by atoms with van der Waals surface area (Å²) in [5.41, 5.74) is 2.19. The van der Waals surface area contributed by atoms with E-state index in [1.807, 2.05) is 30.3 Å². The maximum absolute atomic E-state index is 12.6. The standard InChI is InChI=1S/C23H24N2O2S/c26-23(22-19(12-14-27-22)17-28-21-9-5-2-6-10-21)24-15-18-11-13-25(16-18)20-7-3-1-4-8-20/h1-10,12,14,18H,11,13,15-17H2,(H,24,26). The number of nitrogens with one attached hydrogen (secondary N) is 1. The van der Waals surface area contributed by atoms with Gasteiger partial charge in [0.25, 0.3) is 5.91 Å². The van der Waals surface area contributed by atoms with Crippen LogP contribution in [0.1, 0.15) is 22.5 Å². The number of furan rings is 1. The molecule has 144 valence electrons. The van der Waals surface area contributed by atoms with Crippen molar-refractivity contribution in [3.8, 4) is 0 Å². The zero-order valence-corrected chi connectivity index (χ0v) is 16.5. The van der Waals surface area contributed by atoms with E-state index in [9.17, 15) is 4.79 Å². The molecule has 1 atom stereocenters. The summed E-state index contributed by atoms with van der Waals surface area (Å²) in [6, 6.07) is 22.5. The number of para-hydroxylation sites is 1. The highest BCUT2D eigenvalue weighted by atomic mass is 32.2. The number of thioether (sulfide) groups is 1. The van der Waals surface area contributed by atoms with Crippen molar-refractivity contribution >= 4 is 23.4 Å². The molecule has 0 bridgehead atoms. The van der Waals surface area contributed by atoms with Gasteiger partial charge in [0.1, 0.15) is 0 Å². The second-order valence-electron chi connectivity index (χ2n) is 7.02. The van der Waals surface area contributed by atoms with E-state index in [2.05, 4.69) is 46.6 Å². The molecule has 4 nitrogen and oxygen atoms in total. The molecule has 0 spiro atoms. The lowest BCUT2D eigenvalue weighted by Crippen LogP contribution is -2.31. The summed E-state index contributed by atoms with van der Waals surface area (Å²) < 4.78 is 5.48. The minimum atomic E-state index is -0.119. The van der Waals surface area contributed by atoms with Gasteiger partial charge in [-0.25, -0.2) is 0 Å². The van der Waals surface area contributed by atoms with Crippen LogP contribution in [0.2, 0.25) is 0 Å². The van der Waals surface area contributed by atoms with E-state index < -0.39 is 0 Å². The van der Waals surface area contributed by atoms with Crippen molar-refractivity contribution in [1.29, 1.82) is 0 Å². The molecule has 0 saturated carbocycles. The second kappa shape index (κ2) is 9.02. The van der Waals surface area contributed by atoms with Crippen LogP contribution in [0, 0.1) is 5.92 Å². The van der Waals surface area contributed by atoms with Crippen LogP contribution in [0.15, 0.2) is 82.3 Å². The molecule has 1 aromatic heterocycles. The van der Waals surface area contributed by atoms with E-state index in [1.54, 1.807) is 18.0 Å². The fraction of sp³-hybridized carbons (Fsp3) is 0.261. The van der Waals surface area contributed by atoms with Gasteiger partial charge in [-0.2, -0.15) is 0 Å². The molecular weight excluding hydrogens is 368 g/mol. The average molecular weight is 393 g/mol. The Morgan fingerprint density at radius 1 is 1.07 bits per heavy atom. The van der Waals surface area contributed by atoms with Crippen LogP contribution in [0.3, 0.4) is 0 Å². The molecule has 28 heavy (non-hydrogen) atoms. The Bertz CT molecular complexity index is 895. The number of hydrogen-bond donors (Lipinski definition) is 1. The first-order valence-corrected chi connectivity index (χ1v) is 10.6. The van der Waals surface area contributed by atoms with Crippen LogP contribution < -0.4 is 10.2 Å². The monoisotopic (exact) mass is 392 g/mol. The Morgan fingerprint density at radius 3 is 2.61 bits per heavy atom.